The van der Waals surface area contributed by atoms with Crippen LogP contribution in [0, 0.1) is 0 Å². The number of rotatable bonds is 7. The van der Waals surface area contributed by atoms with E-state index in [-0.39, 0.29) is 0 Å². The minimum absolute atomic E-state index is 0.469. The van der Waals surface area contributed by atoms with E-state index < -0.39 is 0 Å². The molecule has 1 aromatic carbocycles. The van der Waals surface area contributed by atoms with E-state index >= 15 is 0 Å². The van der Waals surface area contributed by atoms with Crippen LogP contribution in [-0.4, -0.2) is 29.2 Å². The van der Waals surface area contributed by atoms with E-state index in [0.29, 0.717) is 40.4 Å². The summed E-state index contributed by atoms with van der Waals surface area (Å²) in [6.07, 6.45) is 5.02. The number of halogens is 1. The summed E-state index contributed by atoms with van der Waals surface area (Å²) in [6.45, 7) is 0.613. The molecule has 134 valence electrons. The minimum Gasteiger partial charge on any atom is -0.495 e. The second kappa shape index (κ2) is 8.35. The lowest BCUT2D eigenvalue weighted by Crippen LogP contribution is -2.04. The maximum Gasteiger partial charge on any atom is 0.144 e. The number of nitrogens with zero attached hydrogens (tertiary/aromatic N) is 3. The van der Waals surface area contributed by atoms with Crippen LogP contribution in [0.4, 0.5) is 17.3 Å². The Kier molecular flexibility index (Phi) is 5.70. The summed E-state index contributed by atoms with van der Waals surface area (Å²) in [5, 5.41) is 6.90. The van der Waals surface area contributed by atoms with Gasteiger partial charge in [0.05, 0.1) is 24.9 Å². The molecule has 26 heavy (non-hydrogen) atoms. The molecule has 2 heterocycles. The first-order valence-corrected chi connectivity index (χ1v) is 8.20. The second-order valence-electron chi connectivity index (χ2n) is 5.32. The molecule has 2 N–H and O–H groups in total. The molecule has 0 spiro atoms. The summed E-state index contributed by atoms with van der Waals surface area (Å²) in [4.78, 5) is 12.6. The van der Waals surface area contributed by atoms with Gasteiger partial charge in [-0.2, -0.15) is 0 Å². The first-order chi connectivity index (χ1) is 12.7. The zero-order valence-corrected chi connectivity index (χ0v) is 15.1. The first-order valence-electron chi connectivity index (χ1n) is 7.83. The van der Waals surface area contributed by atoms with Gasteiger partial charge in [0.2, 0.25) is 0 Å². The summed E-state index contributed by atoms with van der Waals surface area (Å²) in [5.41, 5.74) is 1.75. The highest BCUT2D eigenvalue weighted by molar-refractivity contribution is 6.32. The number of aromatic nitrogens is 3. The Morgan fingerprint density at radius 2 is 1.85 bits per heavy atom. The van der Waals surface area contributed by atoms with Crippen LogP contribution < -0.4 is 20.1 Å². The molecule has 0 bridgehead atoms. The van der Waals surface area contributed by atoms with Crippen LogP contribution in [0.2, 0.25) is 5.02 Å². The topological polar surface area (TPSA) is 81.2 Å². The third kappa shape index (κ3) is 4.31. The Morgan fingerprint density at radius 1 is 1.04 bits per heavy atom. The Labute approximate surface area is 156 Å². The summed E-state index contributed by atoms with van der Waals surface area (Å²) < 4.78 is 10.6. The van der Waals surface area contributed by atoms with Crippen molar-refractivity contribution in [3.63, 3.8) is 0 Å². The van der Waals surface area contributed by atoms with Gasteiger partial charge in [-0.3, -0.25) is 4.98 Å². The lowest BCUT2D eigenvalue weighted by molar-refractivity contribution is 0.405. The zero-order chi connectivity index (χ0) is 18.4. The van der Waals surface area contributed by atoms with Crippen LogP contribution in [-0.2, 0) is 6.54 Å². The largest absolute Gasteiger partial charge is 0.495 e. The van der Waals surface area contributed by atoms with Gasteiger partial charge in [-0.1, -0.05) is 17.7 Å². The van der Waals surface area contributed by atoms with Crippen molar-refractivity contribution < 1.29 is 9.47 Å². The molecule has 7 nitrogen and oxygen atoms in total. The van der Waals surface area contributed by atoms with Gasteiger partial charge in [0.15, 0.2) is 0 Å². The monoisotopic (exact) mass is 371 g/mol. The van der Waals surface area contributed by atoms with Gasteiger partial charge >= 0.3 is 0 Å². The first kappa shape index (κ1) is 17.8. The average Bonchev–Trinajstić information content (AvgIpc) is 2.68. The number of hydrogen-bond donors (Lipinski definition) is 2. The van der Waals surface area contributed by atoms with Crippen molar-refractivity contribution in [3.8, 4) is 11.5 Å². The van der Waals surface area contributed by atoms with E-state index in [2.05, 4.69) is 25.6 Å². The fraction of sp³-hybridized carbons (Fsp3) is 0.167. The number of benzene rings is 1. The van der Waals surface area contributed by atoms with E-state index in [0.717, 1.165) is 5.56 Å². The SMILES string of the molecule is COc1cc(Nc2cc(NCc3cccnc3)ncn2)c(OC)cc1Cl. The lowest BCUT2D eigenvalue weighted by Gasteiger charge is -2.14. The number of methoxy groups -OCH3 is 2. The Bertz CT molecular complexity index is 877. The predicted molar refractivity (Wildman–Crippen MR) is 101 cm³/mol. The van der Waals surface area contributed by atoms with Crippen LogP contribution >= 0.6 is 11.6 Å². The van der Waals surface area contributed by atoms with Crippen LogP contribution in [0.25, 0.3) is 0 Å². The lowest BCUT2D eigenvalue weighted by atomic mass is 10.2. The molecule has 8 heteroatoms. The van der Waals surface area contributed by atoms with Gasteiger partial charge in [0.1, 0.15) is 29.5 Å². The molecule has 0 unspecified atom stereocenters. The summed E-state index contributed by atoms with van der Waals surface area (Å²) in [7, 11) is 3.13. The van der Waals surface area contributed by atoms with Crippen LogP contribution in [0.15, 0.2) is 49.1 Å². The molecule has 0 atom stereocenters. The Balaban J connectivity index is 1.76. The maximum atomic E-state index is 6.13. The molecule has 0 saturated carbocycles. The van der Waals surface area contributed by atoms with E-state index in [9.17, 15) is 0 Å². The molecule has 0 saturated heterocycles. The second-order valence-corrected chi connectivity index (χ2v) is 5.72. The third-order valence-electron chi connectivity index (χ3n) is 3.60. The van der Waals surface area contributed by atoms with Crippen LogP contribution in [0.5, 0.6) is 11.5 Å². The highest BCUT2D eigenvalue weighted by atomic mass is 35.5. The number of hydrogen-bond acceptors (Lipinski definition) is 7. The van der Waals surface area contributed by atoms with Crippen molar-refractivity contribution in [1.82, 2.24) is 15.0 Å². The predicted octanol–water partition coefficient (Wildman–Crippen LogP) is 3.90. The van der Waals surface area contributed by atoms with Crippen molar-refractivity contribution in [2.45, 2.75) is 6.54 Å². The van der Waals surface area contributed by atoms with Gasteiger partial charge in [0, 0.05) is 37.1 Å². The molecule has 0 fully saturated rings. The molecule has 3 aromatic rings. The molecule has 0 amide bonds. The third-order valence-corrected chi connectivity index (χ3v) is 3.90. The minimum atomic E-state index is 0.469. The molecule has 0 aliphatic carbocycles. The molecule has 2 aromatic heterocycles. The van der Waals surface area contributed by atoms with Gasteiger partial charge in [0.25, 0.3) is 0 Å². The van der Waals surface area contributed by atoms with Crippen molar-refractivity contribution in [2.75, 3.05) is 24.9 Å². The molecular formula is C18H18ClN5O2. The fourth-order valence-electron chi connectivity index (χ4n) is 2.31. The Hall–Kier alpha value is -3.06. The normalized spacial score (nSPS) is 10.3. The highest BCUT2D eigenvalue weighted by Crippen LogP contribution is 2.37. The summed E-state index contributed by atoms with van der Waals surface area (Å²) in [6, 6.07) is 9.13. The number of ether oxygens (including phenoxy) is 2. The van der Waals surface area contributed by atoms with Crippen molar-refractivity contribution in [1.29, 1.82) is 0 Å². The zero-order valence-electron chi connectivity index (χ0n) is 14.4. The summed E-state index contributed by atoms with van der Waals surface area (Å²) in [5.74, 6) is 2.42. The van der Waals surface area contributed by atoms with Crippen molar-refractivity contribution >= 4 is 28.9 Å². The molecule has 3 rings (SSSR count). The van der Waals surface area contributed by atoms with Crippen molar-refractivity contribution in [2.24, 2.45) is 0 Å². The van der Waals surface area contributed by atoms with Gasteiger partial charge < -0.3 is 20.1 Å². The maximum absolute atomic E-state index is 6.13. The van der Waals surface area contributed by atoms with E-state index in [1.807, 2.05) is 12.1 Å². The average molecular weight is 372 g/mol. The molecular weight excluding hydrogens is 354 g/mol. The van der Waals surface area contributed by atoms with Gasteiger partial charge in [-0.25, -0.2) is 9.97 Å². The standard InChI is InChI=1S/C18H18ClN5O2/c1-25-15-7-14(16(26-2)6-13(15)19)24-18-8-17(22-11-23-18)21-10-12-4-3-5-20-9-12/h3-9,11H,10H2,1-2H3,(H2,21,22,23,24). The van der Waals surface area contributed by atoms with Crippen molar-refractivity contribution in [3.05, 3.63) is 59.6 Å². The van der Waals surface area contributed by atoms with E-state index in [4.69, 9.17) is 21.1 Å². The molecule has 0 radical (unpaired) electrons. The smallest absolute Gasteiger partial charge is 0.144 e. The highest BCUT2D eigenvalue weighted by Gasteiger charge is 2.11. The fourth-order valence-corrected chi connectivity index (χ4v) is 2.54. The van der Waals surface area contributed by atoms with Gasteiger partial charge in [-0.15, -0.1) is 0 Å². The van der Waals surface area contributed by atoms with E-state index in [1.165, 1.54) is 6.33 Å². The molecule has 0 aliphatic heterocycles. The Morgan fingerprint density at radius 3 is 2.58 bits per heavy atom. The van der Waals surface area contributed by atoms with Crippen LogP contribution in [0.3, 0.4) is 0 Å². The number of anilines is 3. The van der Waals surface area contributed by atoms with Gasteiger partial charge in [-0.05, 0) is 11.6 Å². The molecule has 0 aliphatic rings. The summed E-state index contributed by atoms with van der Waals surface area (Å²) >= 11 is 6.13. The number of nitrogens with one attached hydrogen (secondary N) is 2. The van der Waals surface area contributed by atoms with E-state index in [1.54, 1.807) is 44.8 Å². The number of pyridine rings is 1. The quantitative estimate of drug-likeness (QED) is 0.651. The van der Waals surface area contributed by atoms with Crippen LogP contribution in [0.1, 0.15) is 5.56 Å².